The second-order valence-corrected chi connectivity index (χ2v) is 6.76. The summed E-state index contributed by atoms with van der Waals surface area (Å²) in [7, 11) is 3.48. The Morgan fingerprint density at radius 2 is 1.77 bits per heavy atom. The first-order chi connectivity index (χ1) is 10.3. The van der Waals surface area contributed by atoms with Crippen LogP contribution in [0.2, 0.25) is 0 Å². The third-order valence-corrected chi connectivity index (χ3v) is 6.06. The number of piperidine rings is 1. The van der Waals surface area contributed by atoms with Gasteiger partial charge >= 0.3 is 0 Å². The predicted molar refractivity (Wildman–Crippen MR) is 90.3 cm³/mol. The standard InChI is InChI=1S/C18H25NO2.ClH/c1-20-16-11-13-7-10-19-9-4-6-14-5-3-8-18(14,19)15(13)12-17(16)21-2;/h11-12,14H,3-10H2,1-2H3;1H. The molecule has 1 aromatic rings. The molecule has 1 saturated carbocycles. The Hall–Kier alpha value is -0.930. The van der Waals surface area contributed by atoms with E-state index in [1.807, 2.05) is 0 Å². The molecule has 2 fully saturated rings. The minimum atomic E-state index is 0. The van der Waals surface area contributed by atoms with Crippen molar-refractivity contribution in [2.24, 2.45) is 5.92 Å². The van der Waals surface area contributed by atoms with Gasteiger partial charge in [0, 0.05) is 12.1 Å². The van der Waals surface area contributed by atoms with Gasteiger partial charge in [-0.15, -0.1) is 12.4 Å². The van der Waals surface area contributed by atoms with Crippen LogP contribution in [0.15, 0.2) is 12.1 Å². The van der Waals surface area contributed by atoms with E-state index in [0.29, 0.717) is 5.54 Å². The SMILES string of the molecule is COc1cc2c(cc1OC)C13CCCC1CCCN3CC2.Cl. The molecule has 2 unspecified atom stereocenters. The van der Waals surface area contributed by atoms with Gasteiger partial charge in [0.2, 0.25) is 0 Å². The van der Waals surface area contributed by atoms with Crippen LogP contribution in [-0.4, -0.2) is 32.2 Å². The highest BCUT2D eigenvalue weighted by molar-refractivity contribution is 5.85. The number of fused-ring (bicyclic) bond motifs is 1. The maximum absolute atomic E-state index is 5.58. The molecule has 1 spiro atoms. The van der Waals surface area contributed by atoms with E-state index in [9.17, 15) is 0 Å². The summed E-state index contributed by atoms with van der Waals surface area (Å²) in [6.45, 7) is 2.48. The number of hydrogen-bond donors (Lipinski definition) is 0. The van der Waals surface area contributed by atoms with Crippen molar-refractivity contribution in [3.8, 4) is 11.5 Å². The van der Waals surface area contributed by atoms with Crippen molar-refractivity contribution in [2.75, 3.05) is 27.3 Å². The molecule has 1 aromatic carbocycles. The first-order valence-electron chi connectivity index (χ1n) is 8.30. The molecule has 0 aromatic heterocycles. The Bertz CT molecular complexity index is 562. The maximum Gasteiger partial charge on any atom is 0.161 e. The van der Waals surface area contributed by atoms with Gasteiger partial charge in [-0.1, -0.05) is 6.42 Å². The van der Waals surface area contributed by atoms with Gasteiger partial charge in [-0.2, -0.15) is 0 Å². The molecule has 1 saturated heterocycles. The number of nitrogens with zero attached hydrogens (tertiary/aromatic N) is 1. The van der Waals surface area contributed by atoms with Gasteiger partial charge in [-0.3, -0.25) is 4.90 Å². The van der Waals surface area contributed by atoms with Crippen molar-refractivity contribution in [1.82, 2.24) is 4.90 Å². The summed E-state index contributed by atoms with van der Waals surface area (Å²) in [5.74, 6) is 2.61. The molecule has 0 N–H and O–H groups in total. The zero-order valence-electron chi connectivity index (χ0n) is 13.6. The molecule has 2 heterocycles. The van der Waals surface area contributed by atoms with Crippen molar-refractivity contribution in [3.05, 3.63) is 23.3 Å². The van der Waals surface area contributed by atoms with Crippen LogP contribution < -0.4 is 9.47 Å². The van der Waals surface area contributed by atoms with E-state index in [1.165, 1.54) is 56.3 Å². The highest BCUT2D eigenvalue weighted by atomic mass is 35.5. The monoisotopic (exact) mass is 323 g/mol. The zero-order valence-corrected chi connectivity index (χ0v) is 14.4. The van der Waals surface area contributed by atoms with Gasteiger partial charge in [0.05, 0.1) is 14.2 Å². The predicted octanol–water partition coefficient (Wildman–Crippen LogP) is 3.77. The van der Waals surface area contributed by atoms with E-state index in [4.69, 9.17) is 9.47 Å². The number of halogens is 1. The lowest BCUT2D eigenvalue weighted by Gasteiger charge is -2.53. The van der Waals surface area contributed by atoms with E-state index in [0.717, 1.165) is 23.8 Å². The molecule has 22 heavy (non-hydrogen) atoms. The Kier molecular flexibility index (Phi) is 4.30. The van der Waals surface area contributed by atoms with Crippen LogP contribution in [0.3, 0.4) is 0 Å². The highest BCUT2D eigenvalue weighted by Crippen LogP contribution is 2.56. The molecule has 2 atom stereocenters. The lowest BCUT2D eigenvalue weighted by molar-refractivity contribution is 0.000689. The number of rotatable bonds is 2. The second kappa shape index (κ2) is 5.93. The summed E-state index contributed by atoms with van der Waals surface area (Å²) in [6.07, 6.45) is 7.99. The summed E-state index contributed by atoms with van der Waals surface area (Å²) in [6, 6.07) is 4.51. The quantitative estimate of drug-likeness (QED) is 0.827. The lowest BCUT2D eigenvalue weighted by Crippen LogP contribution is -2.55. The van der Waals surface area contributed by atoms with Crippen LogP contribution in [-0.2, 0) is 12.0 Å². The summed E-state index contributed by atoms with van der Waals surface area (Å²) in [5, 5.41) is 0. The largest absolute Gasteiger partial charge is 0.493 e. The molecule has 4 rings (SSSR count). The number of hydrogen-bond acceptors (Lipinski definition) is 3. The van der Waals surface area contributed by atoms with Crippen molar-refractivity contribution < 1.29 is 9.47 Å². The molecule has 0 bridgehead atoms. The minimum absolute atomic E-state index is 0. The van der Waals surface area contributed by atoms with Gasteiger partial charge in [0.25, 0.3) is 0 Å². The molecule has 1 aliphatic carbocycles. The lowest BCUT2D eigenvalue weighted by atomic mass is 9.70. The second-order valence-electron chi connectivity index (χ2n) is 6.76. The third-order valence-electron chi connectivity index (χ3n) is 6.06. The molecular formula is C18H26ClNO2. The van der Waals surface area contributed by atoms with Gasteiger partial charge in [-0.05, 0) is 67.8 Å². The van der Waals surface area contributed by atoms with E-state index in [2.05, 4.69) is 17.0 Å². The highest BCUT2D eigenvalue weighted by Gasteiger charge is 2.52. The number of benzene rings is 1. The van der Waals surface area contributed by atoms with Gasteiger partial charge in [0.1, 0.15) is 0 Å². The Labute approximate surface area is 139 Å². The van der Waals surface area contributed by atoms with Crippen LogP contribution in [0.4, 0.5) is 0 Å². The van der Waals surface area contributed by atoms with E-state index < -0.39 is 0 Å². The van der Waals surface area contributed by atoms with E-state index in [-0.39, 0.29) is 12.4 Å². The van der Waals surface area contributed by atoms with Crippen LogP contribution >= 0.6 is 12.4 Å². The van der Waals surface area contributed by atoms with Crippen molar-refractivity contribution in [3.63, 3.8) is 0 Å². The van der Waals surface area contributed by atoms with Crippen LogP contribution in [0.5, 0.6) is 11.5 Å². The Morgan fingerprint density at radius 1 is 1.05 bits per heavy atom. The van der Waals surface area contributed by atoms with E-state index >= 15 is 0 Å². The molecule has 122 valence electrons. The topological polar surface area (TPSA) is 21.7 Å². The van der Waals surface area contributed by atoms with Gasteiger partial charge in [0.15, 0.2) is 11.5 Å². The summed E-state index contributed by atoms with van der Waals surface area (Å²) in [5.41, 5.74) is 3.32. The molecule has 0 radical (unpaired) electrons. The summed E-state index contributed by atoms with van der Waals surface area (Å²) < 4.78 is 11.1. The summed E-state index contributed by atoms with van der Waals surface area (Å²) in [4.78, 5) is 2.78. The molecule has 4 heteroatoms. The molecular weight excluding hydrogens is 298 g/mol. The fourth-order valence-corrected chi connectivity index (χ4v) is 5.21. The molecule has 3 nitrogen and oxygen atoms in total. The first kappa shape index (κ1) is 15.9. The molecule has 0 amide bonds. The van der Waals surface area contributed by atoms with Crippen molar-refractivity contribution in [2.45, 2.75) is 44.1 Å². The normalized spacial score (nSPS) is 29.8. The van der Waals surface area contributed by atoms with Crippen LogP contribution in [0.25, 0.3) is 0 Å². The minimum Gasteiger partial charge on any atom is -0.493 e. The number of methoxy groups -OCH3 is 2. The van der Waals surface area contributed by atoms with Crippen molar-refractivity contribution in [1.29, 1.82) is 0 Å². The number of ether oxygens (including phenoxy) is 2. The van der Waals surface area contributed by atoms with Crippen LogP contribution in [0, 0.1) is 5.92 Å². The molecule has 3 aliphatic rings. The third kappa shape index (κ3) is 2.05. The van der Waals surface area contributed by atoms with Gasteiger partial charge < -0.3 is 9.47 Å². The van der Waals surface area contributed by atoms with Crippen LogP contribution in [0.1, 0.15) is 43.2 Å². The fraction of sp³-hybridized carbons (Fsp3) is 0.667. The average molecular weight is 324 g/mol. The maximum atomic E-state index is 5.58. The van der Waals surface area contributed by atoms with E-state index in [1.54, 1.807) is 14.2 Å². The van der Waals surface area contributed by atoms with Gasteiger partial charge in [-0.25, -0.2) is 0 Å². The van der Waals surface area contributed by atoms with Crippen molar-refractivity contribution >= 4 is 12.4 Å². The average Bonchev–Trinajstić information content (AvgIpc) is 2.96. The fourth-order valence-electron chi connectivity index (χ4n) is 5.21. The first-order valence-corrected chi connectivity index (χ1v) is 8.30. The molecule has 2 aliphatic heterocycles. The smallest absolute Gasteiger partial charge is 0.161 e. The Morgan fingerprint density at radius 3 is 2.55 bits per heavy atom. The summed E-state index contributed by atoms with van der Waals surface area (Å²) >= 11 is 0. The Balaban J connectivity index is 0.00000144. The zero-order chi connectivity index (χ0) is 14.4.